The van der Waals surface area contributed by atoms with Crippen molar-refractivity contribution in [2.45, 2.75) is 5.88 Å². The number of hydrogen-bond acceptors (Lipinski definition) is 4. The van der Waals surface area contributed by atoms with Crippen molar-refractivity contribution in [3.8, 4) is 5.69 Å². The number of nitro groups is 1. The first kappa shape index (κ1) is 12.4. The molecule has 18 heavy (non-hydrogen) atoms. The summed E-state index contributed by atoms with van der Waals surface area (Å²) in [5.41, 5.74) is -0.746. The number of aromatic nitrogens is 3. The summed E-state index contributed by atoms with van der Waals surface area (Å²) in [7, 11) is 0. The van der Waals surface area contributed by atoms with Crippen LogP contribution in [-0.4, -0.2) is 19.9 Å². The van der Waals surface area contributed by atoms with Crippen molar-refractivity contribution < 1.29 is 13.7 Å². The third kappa shape index (κ3) is 2.14. The Morgan fingerprint density at radius 2 is 2.11 bits per heavy atom. The van der Waals surface area contributed by atoms with E-state index in [2.05, 4.69) is 10.3 Å². The maximum Gasteiger partial charge on any atom is 0.307 e. The van der Waals surface area contributed by atoms with Crippen molar-refractivity contribution in [1.82, 2.24) is 15.0 Å². The standard InChI is InChI=1S/C9H5ClF2N4O2/c10-3-5-4-15(14-13-5)8-2-9(16(17)18)7(12)1-6(8)11/h1-2,4H,3H2. The topological polar surface area (TPSA) is 73.8 Å². The quantitative estimate of drug-likeness (QED) is 0.488. The Balaban J connectivity index is 2.56. The van der Waals surface area contributed by atoms with Gasteiger partial charge in [0, 0.05) is 12.1 Å². The number of nitro benzene ring substituents is 1. The molecule has 2 aromatic rings. The van der Waals surface area contributed by atoms with Crippen molar-refractivity contribution in [1.29, 1.82) is 0 Å². The summed E-state index contributed by atoms with van der Waals surface area (Å²) in [6.07, 6.45) is 1.30. The molecule has 0 unspecified atom stereocenters. The normalized spacial score (nSPS) is 10.6. The molecule has 2 rings (SSSR count). The van der Waals surface area contributed by atoms with Gasteiger partial charge in [-0.3, -0.25) is 10.1 Å². The summed E-state index contributed by atoms with van der Waals surface area (Å²) in [5.74, 6) is -2.17. The Bertz CT molecular complexity index is 617. The molecule has 0 spiro atoms. The molecule has 0 atom stereocenters. The molecule has 1 heterocycles. The Morgan fingerprint density at radius 1 is 1.39 bits per heavy atom. The zero-order valence-electron chi connectivity index (χ0n) is 8.68. The predicted molar refractivity (Wildman–Crippen MR) is 57.5 cm³/mol. The Kier molecular flexibility index (Phi) is 3.19. The van der Waals surface area contributed by atoms with E-state index in [0.717, 1.165) is 10.7 Å². The lowest BCUT2D eigenvalue weighted by Crippen LogP contribution is -2.02. The molecule has 0 amide bonds. The van der Waals surface area contributed by atoms with E-state index in [1.807, 2.05) is 0 Å². The monoisotopic (exact) mass is 274 g/mol. The summed E-state index contributed by atoms with van der Waals surface area (Å²) in [6.45, 7) is 0. The molecule has 0 aliphatic rings. The first-order chi connectivity index (χ1) is 8.52. The van der Waals surface area contributed by atoms with Gasteiger partial charge in [0.1, 0.15) is 5.69 Å². The van der Waals surface area contributed by atoms with E-state index >= 15 is 0 Å². The molecule has 0 aliphatic heterocycles. The Labute approximate surface area is 104 Å². The van der Waals surface area contributed by atoms with E-state index in [1.165, 1.54) is 6.20 Å². The fraction of sp³-hybridized carbons (Fsp3) is 0.111. The SMILES string of the molecule is O=[N+]([O-])c1cc(-n2cc(CCl)nn2)c(F)cc1F. The van der Waals surface area contributed by atoms with E-state index in [-0.39, 0.29) is 11.6 Å². The second-order valence-corrected chi connectivity index (χ2v) is 3.57. The maximum atomic E-state index is 13.5. The predicted octanol–water partition coefficient (Wildman–Crippen LogP) is 2.19. The van der Waals surface area contributed by atoms with Crippen LogP contribution in [0.1, 0.15) is 5.69 Å². The average molecular weight is 275 g/mol. The van der Waals surface area contributed by atoms with Gasteiger partial charge in [-0.15, -0.1) is 16.7 Å². The molecule has 0 fully saturated rings. The van der Waals surface area contributed by atoms with Crippen molar-refractivity contribution in [3.05, 3.63) is 45.8 Å². The fourth-order valence-corrected chi connectivity index (χ4v) is 1.44. The third-order valence-corrected chi connectivity index (χ3v) is 2.41. The molecule has 1 aromatic heterocycles. The molecule has 6 nitrogen and oxygen atoms in total. The lowest BCUT2D eigenvalue weighted by Gasteiger charge is -2.02. The highest BCUT2D eigenvalue weighted by molar-refractivity contribution is 6.16. The van der Waals surface area contributed by atoms with Gasteiger partial charge >= 0.3 is 5.69 Å². The lowest BCUT2D eigenvalue weighted by molar-refractivity contribution is -0.387. The molecule has 1 aromatic carbocycles. The Hall–Kier alpha value is -2.09. The minimum absolute atomic E-state index is 0.0604. The highest BCUT2D eigenvalue weighted by atomic mass is 35.5. The number of benzene rings is 1. The van der Waals surface area contributed by atoms with Crippen LogP contribution in [0.5, 0.6) is 0 Å². The van der Waals surface area contributed by atoms with Gasteiger partial charge in [0.15, 0.2) is 5.82 Å². The van der Waals surface area contributed by atoms with E-state index in [1.54, 1.807) is 0 Å². The summed E-state index contributed by atoms with van der Waals surface area (Å²) in [6, 6.07) is 1.17. The largest absolute Gasteiger partial charge is 0.307 e. The molecule has 0 N–H and O–H groups in total. The third-order valence-electron chi connectivity index (χ3n) is 2.14. The van der Waals surface area contributed by atoms with Gasteiger partial charge in [-0.1, -0.05) is 5.21 Å². The van der Waals surface area contributed by atoms with Crippen molar-refractivity contribution in [2.75, 3.05) is 0 Å². The molecular weight excluding hydrogens is 270 g/mol. The van der Waals surface area contributed by atoms with E-state index < -0.39 is 22.2 Å². The summed E-state index contributed by atoms with van der Waals surface area (Å²) < 4.78 is 27.6. The van der Waals surface area contributed by atoms with Gasteiger partial charge in [-0.2, -0.15) is 4.39 Å². The first-order valence-electron chi connectivity index (χ1n) is 4.64. The second-order valence-electron chi connectivity index (χ2n) is 3.30. The molecule has 0 aliphatic carbocycles. The smallest absolute Gasteiger partial charge is 0.258 e. The van der Waals surface area contributed by atoms with Gasteiger partial charge in [0.2, 0.25) is 5.82 Å². The van der Waals surface area contributed by atoms with Crippen LogP contribution in [0.15, 0.2) is 18.3 Å². The molecular formula is C9H5ClF2N4O2. The zero-order valence-corrected chi connectivity index (χ0v) is 9.43. The minimum Gasteiger partial charge on any atom is -0.258 e. The fourth-order valence-electron chi connectivity index (χ4n) is 1.32. The number of halogens is 3. The summed E-state index contributed by atoms with van der Waals surface area (Å²) in [4.78, 5) is 9.61. The highest BCUT2D eigenvalue weighted by Gasteiger charge is 2.20. The van der Waals surface area contributed by atoms with E-state index in [0.29, 0.717) is 11.8 Å². The molecule has 94 valence electrons. The van der Waals surface area contributed by atoms with Gasteiger partial charge in [0.25, 0.3) is 0 Å². The van der Waals surface area contributed by atoms with Crippen LogP contribution < -0.4 is 0 Å². The Morgan fingerprint density at radius 3 is 2.67 bits per heavy atom. The van der Waals surface area contributed by atoms with Crippen LogP contribution in [-0.2, 0) is 5.88 Å². The second kappa shape index (κ2) is 4.65. The molecule has 0 bridgehead atoms. The van der Waals surface area contributed by atoms with Crippen LogP contribution in [0.25, 0.3) is 5.69 Å². The van der Waals surface area contributed by atoms with Crippen molar-refractivity contribution >= 4 is 17.3 Å². The number of alkyl halides is 1. The molecule has 0 saturated carbocycles. The average Bonchev–Trinajstić information content (AvgIpc) is 2.77. The minimum atomic E-state index is -1.25. The van der Waals surface area contributed by atoms with Crippen LogP contribution in [0.2, 0.25) is 0 Å². The molecule has 0 saturated heterocycles. The van der Waals surface area contributed by atoms with Crippen LogP contribution in [0.3, 0.4) is 0 Å². The van der Waals surface area contributed by atoms with Gasteiger partial charge < -0.3 is 0 Å². The summed E-state index contributed by atoms with van der Waals surface area (Å²) in [5, 5.41) is 17.7. The van der Waals surface area contributed by atoms with Gasteiger partial charge in [0.05, 0.1) is 22.7 Å². The number of rotatable bonds is 3. The summed E-state index contributed by atoms with van der Waals surface area (Å²) >= 11 is 5.50. The van der Waals surface area contributed by atoms with Crippen LogP contribution in [0, 0.1) is 21.7 Å². The van der Waals surface area contributed by atoms with Crippen LogP contribution in [0.4, 0.5) is 14.5 Å². The lowest BCUT2D eigenvalue weighted by atomic mass is 10.2. The zero-order chi connectivity index (χ0) is 13.3. The van der Waals surface area contributed by atoms with E-state index in [4.69, 9.17) is 11.6 Å². The van der Waals surface area contributed by atoms with Crippen molar-refractivity contribution in [2.24, 2.45) is 0 Å². The maximum absolute atomic E-state index is 13.5. The molecule has 0 radical (unpaired) electrons. The first-order valence-corrected chi connectivity index (χ1v) is 5.17. The van der Waals surface area contributed by atoms with Crippen LogP contribution >= 0.6 is 11.6 Å². The van der Waals surface area contributed by atoms with Gasteiger partial charge in [-0.25, -0.2) is 9.07 Å². The number of hydrogen-bond donors (Lipinski definition) is 0. The highest BCUT2D eigenvalue weighted by Crippen LogP contribution is 2.23. The molecule has 9 heteroatoms. The van der Waals surface area contributed by atoms with Crippen molar-refractivity contribution in [3.63, 3.8) is 0 Å². The van der Waals surface area contributed by atoms with Gasteiger partial charge in [-0.05, 0) is 0 Å². The number of nitrogens with zero attached hydrogens (tertiary/aromatic N) is 4. The van der Waals surface area contributed by atoms with E-state index in [9.17, 15) is 18.9 Å².